The molecule has 166 valence electrons. The second-order valence-corrected chi connectivity index (χ2v) is 10.5. The third-order valence-corrected chi connectivity index (χ3v) is 7.59. The molecular weight excluding hydrogens is 424 g/mol. The first-order valence-corrected chi connectivity index (χ1v) is 12.1. The van der Waals surface area contributed by atoms with Gasteiger partial charge in [0.2, 0.25) is 0 Å². The number of oxime groups is 1. The lowest BCUT2D eigenvalue weighted by Gasteiger charge is -2.10. The number of aromatic nitrogens is 2. The predicted octanol–water partition coefficient (Wildman–Crippen LogP) is 3.91. The first-order chi connectivity index (χ1) is 15.4. The number of benzene rings is 2. The molecule has 1 atom stereocenters. The van der Waals surface area contributed by atoms with Gasteiger partial charge in [0.15, 0.2) is 15.9 Å². The van der Waals surface area contributed by atoms with E-state index in [2.05, 4.69) is 27.6 Å². The maximum Gasteiger partial charge on any atom is 0.180 e. The van der Waals surface area contributed by atoms with Crippen molar-refractivity contribution < 1.29 is 13.3 Å². The van der Waals surface area contributed by atoms with E-state index >= 15 is 0 Å². The monoisotopic (exact) mass is 450 g/mol. The highest BCUT2D eigenvalue weighted by Gasteiger charge is 2.26. The lowest BCUT2D eigenvalue weighted by atomic mass is 10.0. The zero-order valence-electron chi connectivity index (χ0n) is 18.3. The molecule has 32 heavy (non-hydrogen) atoms. The summed E-state index contributed by atoms with van der Waals surface area (Å²) in [5, 5.41) is 6.93. The van der Waals surface area contributed by atoms with Crippen LogP contribution in [-0.2, 0) is 21.2 Å². The molecule has 1 unspecified atom stereocenters. The van der Waals surface area contributed by atoms with E-state index in [0.29, 0.717) is 22.7 Å². The Morgan fingerprint density at radius 2 is 1.72 bits per heavy atom. The fourth-order valence-corrected chi connectivity index (χ4v) is 4.55. The normalized spacial score (nSPS) is 16.1. The number of nitrogens with one attached hydrogen (secondary N) is 1. The molecule has 1 aliphatic heterocycles. The van der Waals surface area contributed by atoms with Crippen LogP contribution in [0.1, 0.15) is 43.2 Å². The van der Waals surface area contributed by atoms with Crippen molar-refractivity contribution in [1.29, 1.82) is 0 Å². The van der Waals surface area contributed by atoms with Crippen LogP contribution in [0.15, 0.2) is 71.0 Å². The Hall–Kier alpha value is -3.10. The first-order valence-electron chi connectivity index (χ1n) is 10.5. The highest BCUT2D eigenvalue weighted by atomic mass is 32.2. The molecule has 1 N–H and O–H groups in total. The van der Waals surface area contributed by atoms with Gasteiger partial charge < -0.3 is 10.2 Å². The van der Waals surface area contributed by atoms with Gasteiger partial charge in [-0.3, -0.25) is 4.98 Å². The standard InChI is InChI=1S/C24H26N4O3S/c1-16(2)32(29,30)20-10-8-19(9-11-20)22-14-26-15-23(27-22)24-12-21(28-31-24)18-6-4-17(5-7-18)13-25-3/h4-11,14-16,24-25H,12-13H2,1-3H3. The molecule has 2 heterocycles. The molecule has 0 bridgehead atoms. The zero-order chi connectivity index (χ0) is 22.7. The van der Waals surface area contributed by atoms with Gasteiger partial charge >= 0.3 is 0 Å². The van der Waals surface area contributed by atoms with E-state index < -0.39 is 15.1 Å². The van der Waals surface area contributed by atoms with Gasteiger partial charge in [-0.15, -0.1) is 0 Å². The minimum Gasteiger partial charge on any atom is -0.385 e. The van der Waals surface area contributed by atoms with Gasteiger partial charge in [-0.2, -0.15) is 0 Å². The highest BCUT2D eigenvalue weighted by Crippen LogP contribution is 2.30. The average Bonchev–Trinajstić information content (AvgIpc) is 3.30. The van der Waals surface area contributed by atoms with Crippen molar-refractivity contribution >= 4 is 15.5 Å². The molecule has 0 saturated carbocycles. The maximum absolute atomic E-state index is 12.3. The number of sulfone groups is 1. The minimum atomic E-state index is -3.31. The fraction of sp³-hybridized carbons (Fsp3) is 0.292. The van der Waals surface area contributed by atoms with Gasteiger partial charge in [0.05, 0.1) is 33.9 Å². The molecule has 0 spiro atoms. The largest absolute Gasteiger partial charge is 0.385 e. The van der Waals surface area contributed by atoms with Crippen LogP contribution < -0.4 is 5.32 Å². The summed E-state index contributed by atoms with van der Waals surface area (Å²) in [4.78, 5) is 15.0. The molecule has 2 aromatic carbocycles. The van der Waals surface area contributed by atoms with Crippen molar-refractivity contribution in [1.82, 2.24) is 15.3 Å². The minimum absolute atomic E-state index is 0.304. The molecule has 0 amide bonds. The number of hydrogen-bond donors (Lipinski definition) is 1. The van der Waals surface area contributed by atoms with Crippen LogP contribution in [0.5, 0.6) is 0 Å². The third kappa shape index (κ3) is 4.56. The molecule has 1 aliphatic rings. The van der Waals surface area contributed by atoms with Crippen LogP contribution in [0.25, 0.3) is 11.3 Å². The molecule has 0 radical (unpaired) electrons. The van der Waals surface area contributed by atoms with Crippen LogP contribution in [0.3, 0.4) is 0 Å². The van der Waals surface area contributed by atoms with Gasteiger partial charge in [0.1, 0.15) is 5.69 Å². The Bertz CT molecular complexity index is 1220. The lowest BCUT2D eigenvalue weighted by Crippen LogP contribution is -2.13. The smallest absolute Gasteiger partial charge is 0.180 e. The van der Waals surface area contributed by atoms with E-state index in [4.69, 9.17) is 9.82 Å². The molecule has 0 fully saturated rings. The molecular formula is C24H26N4O3S. The average molecular weight is 451 g/mol. The lowest BCUT2D eigenvalue weighted by molar-refractivity contribution is 0.0824. The van der Waals surface area contributed by atoms with Crippen LogP contribution in [0.4, 0.5) is 0 Å². The van der Waals surface area contributed by atoms with Gasteiger partial charge in [-0.25, -0.2) is 13.4 Å². The summed E-state index contributed by atoms with van der Waals surface area (Å²) in [6, 6.07) is 15.0. The summed E-state index contributed by atoms with van der Waals surface area (Å²) >= 11 is 0. The zero-order valence-corrected chi connectivity index (χ0v) is 19.1. The quantitative estimate of drug-likeness (QED) is 0.587. The SMILES string of the molecule is CNCc1ccc(C2=NOC(c3cncc(-c4ccc(S(=O)(=O)C(C)C)cc4)n3)C2)cc1. The highest BCUT2D eigenvalue weighted by molar-refractivity contribution is 7.92. The number of rotatable bonds is 7. The first kappa shape index (κ1) is 22.1. The summed E-state index contributed by atoms with van der Waals surface area (Å²) in [6.07, 6.45) is 3.64. The summed E-state index contributed by atoms with van der Waals surface area (Å²) in [6.45, 7) is 4.17. The molecule has 3 aromatic rings. The topological polar surface area (TPSA) is 93.5 Å². The van der Waals surface area contributed by atoms with Crippen molar-refractivity contribution in [2.24, 2.45) is 5.16 Å². The van der Waals surface area contributed by atoms with Crippen LogP contribution in [0.2, 0.25) is 0 Å². The molecule has 8 heteroatoms. The second kappa shape index (κ2) is 9.18. The van der Waals surface area contributed by atoms with E-state index in [1.165, 1.54) is 5.56 Å². The Balaban J connectivity index is 1.49. The van der Waals surface area contributed by atoms with Crippen molar-refractivity contribution in [3.05, 3.63) is 77.7 Å². The van der Waals surface area contributed by atoms with E-state index in [1.807, 2.05) is 19.2 Å². The summed E-state index contributed by atoms with van der Waals surface area (Å²) in [5.41, 5.74) is 5.25. The van der Waals surface area contributed by atoms with Gasteiger partial charge in [0.25, 0.3) is 0 Å². The third-order valence-electron chi connectivity index (χ3n) is 5.42. The van der Waals surface area contributed by atoms with Gasteiger partial charge in [-0.1, -0.05) is 41.6 Å². The van der Waals surface area contributed by atoms with E-state index in [0.717, 1.165) is 23.4 Å². The fourth-order valence-electron chi connectivity index (χ4n) is 3.49. The van der Waals surface area contributed by atoms with Crippen molar-refractivity contribution in [2.45, 2.75) is 43.1 Å². The molecule has 4 rings (SSSR count). The van der Waals surface area contributed by atoms with E-state index in [1.54, 1.807) is 50.5 Å². The van der Waals surface area contributed by atoms with Gasteiger partial charge in [-0.05, 0) is 44.2 Å². The Labute approximate surface area is 188 Å². The number of hydrogen-bond acceptors (Lipinski definition) is 7. The molecule has 0 aliphatic carbocycles. The predicted molar refractivity (Wildman–Crippen MR) is 124 cm³/mol. The molecule has 7 nitrogen and oxygen atoms in total. The van der Waals surface area contributed by atoms with Crippen molar-refractivity contribution in [2.75, 3.05) is 7.05 Å². The Morgan fingerprint density at radius 1 is 1.03 bits per heavy atom. The number of nitrogens with zero attached hydrogens (tertiary/aromatic N) is 3. The summed E-state index contributed by atoms with van der Waals surface area (Å²) in [5.74, 6) is 0. The van der Waals surface area contributed by atoms with E-state index in [-0.39, 0.29) is 6.10 Å². The molecule has 0 saturated heterocycles. The van der Waals surface area contributed by atoms with Crippen LogP contribution in [0, 0.1) is 0 Å². The van der Waals surface area contributed by atoms with Crippen LogP contribution in [-0.4, -0.2) is 36.4 Å². The maximum atomic E-state index is 12.3. The van der Waals surface area contributed by atoms with Crippen molar-refractivity contribution in [3.8, 4) is 11.3 Å². The van der Waals surface area contributed by atoms with Crippen LogP contribution >= 0.6 is 0 Å². The van der Waals surface area contributed by atoms with Crippen molar-refractivity contribution in [3.63, 3.8) is 0 Å². The molecule has 1 aromatic heterocycles. The Morgan fingerprint density at radius 3 is 2.38 bits per heavy atom. The summed E-state index contributed by atoms with van der Waals surface area (Å²) < 4.78 is 24.7. The van der Waals surface area contributed by atoms with Gasteiger partial charge in [0, 0.05) is 18.5 Å². The Kier molecular flexibility index (Phi) is 6.34. The summed E-state index contributed by atoms with van der Waals surface area (Å²) in [7, 11) is -1.39. The second-order valence-electron chi connectivity index (χ2n) is 8.01. The van der Waals surface area contributed by atoms with E-state index in [9.17, 15) is 8.42 Å².